The van der Waals surface area contributed by atoms with Crippen LogP contribution in [0.2, 0.25) is 0 Å². The molecule has 3 rings (SSSR count). The van der Waals surface area contributed by atoms with E-state index in [0.717, 1.165) is 12.8 Å². The normalized spacial score (nSPS) is 39.4. The molecule has 1 saturated carbocycles. The first kappa shape index (κ1) is 7.84. The summed E-state index contributed by atoms with van der Waals surface area (Å²) in [6, 6.07) is 0. The number of allylic oxidation sites excluding steroid dienone is 1. The van der Waals surface area contributed by atoms with Gasteiger partial charge in [-0.15, -0.1) is 0 Å². The Balaban J connectivity index is 2.38. The highest BCUT2D eigenvalue weighted by Gasteiger charge is 2.41. The summed E-state index contributed by atoms with van der Waals surface area (Å²) in [6.07, 6.45) is 6.49. The molecule has 2 heteroatoms. The summed E-state index contributed by atoms with van der Waals surface area (Å²) in [7, 11) is 0. The highest BCUT2D eigenvalue weighted by Crippen LogP contribution is 2.49. The minimum atomic E-state index is -0.707. The van der Waals surface area contributed by atoms with Crippen LogP contribution in [0.4, 0.5) is 0 Å². The van der Waals surface area contributed by atoms with Gasteiger partial charge in [0.15, 0.2) is 0 Å². The molecule has 2 nitrogen and oxygen atoms in total. The van der Waals surface area contributed by atoms with Gasteiger partial charge in [0, 0.05) is 5.57 Å². The highest BCUT2D eigenvalue weighted by molar-refractivity contribution is 5.88. The molecule has 66 valence electrons. The van der Waals surface area contributed by atoms with E-state index in [1.807, 2.05) is 6.08 Å². The summed E-state index contributed by atoms with van der Waals surface area (Å²) < 4.78 is 0. The lowest BCUT2D eigenvalue weighted by Crippen LogP contribution is -2.34. The van der Waals surface area contributed by atoms with Crippen molar-refractivity contribution < 1.29 is 9.90 Å². The molecule has 1 fully saturated rings. The van der Waals surface area contributed by atoms with Crippen LogP contribution in [0.3, 0.4) is 0 Å². The second-order valence-electron chi connectivity index (χ2n) is 4.28. The second kappa shape index (κ2) is 2.35. The van der Waals surface area contributed by atoms with E-state index in [0.29, 0.717) is 11.5 Å². The number of aliphatic carboxylic acids is 1. The van der Waals surface area contributed by atoms with E-state index in [1.165, 1.54) is 12.8 Å². The van der Waals surface area contributed by atoms with Crippen molar-refractivity contribution in [1.29, 1.82) is 0 Å². The van der Waals surface area contributed by atoms with Crippen molar-refractivity contribution in [1.82, 2.24) is 0 Å². The summed E-state index contributed by atoms with van der Waals surface area (Å²) in [4.78, 5) is 10.9. The summed E-state index contributed by atoms with van der Waals surface area (Å²) >= 11 is 0. The van der Waals surface area contributed by atoms with Gasteiger partial charge in [0.2, 0.25) is 0 Å². The molecule has 0 amide bonds. The van der Waals surface area contributed by atoms with Gasteiger partial charge in [-0.25, -0.2) is 4.79 Å². The van der Waals surface area contributed by atoms with Crippen LogP contribution in [0, 0.1) is 11.3 Å². The van der Waals surface area contributed by atoms with Gasteiger partial charge in [0.05, 0.1) is 0 Å². The van der Waals surface area contributed by atoms with Crippen molar-refractivity contribution >= 4 is 5.97 Å². The van der Waals surface area contributed by atoms with Gasteiger partial charge in [-0.1, -0.05) is 13.0 Å². The number of carboxylic acids is 1. The molecule has 0 saturated heterocycles. The van der Waals surface area contributed by atoms with E-state index >= 15 is 0 Å². The lowest BCUT2D eigenvalue weighted by molar-refractivity contribution is -0.134. The van der Waals surface area contributed by atoms with Crippen LogP contribution in [-0.2, 0) is 4.79 Å². The average Bonchev–Trinajstić information content (AvgIpc) is 2.04. The zero-order chi connectivity index (χ0) is 8.77. The topological polar surface area (TPSA) is 37.3 Å². The predicted molar refractivity (Wildman–Crippen MR) is 45.8 cm³/mol. The number of carbonyl (C=O) groups is 1. The maximum atomic E-state index is 10.9. The molecule has 0 heterocycles. The van der Waals surface area contributed by atoms with Crippen molar-refractivity contribution in [3.8, 4) is 0 Å². The molecule has 3 aliphatic rings. The lowest BCUT2D eigenvalue weighted by atomic mass is 9.62. The quantitative estimate of drug-likeness (QED) is 0.648. The van der Waals surface area contributed by atoms with Gasteiger partial charge in [-0.05, 0) is 37.0 Å². The van der Waals surface area contributed by atoms with Gasteiger partial charge in [0.25, 0.3) is 0 Å². The molecule has 0 spiro atoms. The summed E-state index contributed by atoms with van der Waals surface area (Å²) in [5.41, 5.74) is 0.658. The van der Waals surface area contributed by atoms with E-state index in [9.17, 15) is 4.79 Å². The Bertz CT molecular complexity index is 245. The van der Waals surface area contributed by atoms with E-state index in [1.54, 1.807) is 0 Å². The molecule has 0 unspecified atom stereocenters. The van der Waals surface area contributed by atoms with Gasteiger partial charge < -0.3 is 5.11 Å². The Morgan fingerprint density at radius 1 is 1.58 bits per heavy atom. The Hall–Kier alpha value is -0.790. The standard InChI is InChI=1S/C10H14O2/c1-10-4-2-7(3-5-10)6-8(10)9(11)12/h6-7H,2-5H2,1H3,(H,11,12). The zero-order valence-electron chi connectivity index (χ0n) is 7.34. The van der Waals surface area contributed by atoms with Crippen LogP contribution in [0.5, 0.6) is 0 Å². The third-order valence-corrected chi connectivity index (χ3v) is 3.42. The van der Waals surface area contributed by atoms with Crippen molar-refractivity contribution in [2.24, 2.45) is 11.3 Å². The Labute approximate surface area is 72.3 Å². The molecule has 0 atom stereocenters. The van der Waals surface area contributed by atoms with Crippen molar-refractivity contribution in [2.75, 3.05) is 0 Å². The van der Waals surface area contributed by atoms with Crippen LogP contribution in [-0.4, -0.2) is 11.1 Å². The smallest absolute Gasteiger partial charge is 0.331 e. The van der Waals surface area contributed by atoms with E-state index in [-0.39, 0.29) is 5.41 Å². The largest absolute Gasteiger partial charge is 0.478 e. The third-order valence-electron chi connectivity index (χ3n) is 3.42. The molecule has 12 heavy (non-hydrogen) atoms. The van der Waals surface area contributed by atoms with Crippen LogP contribution >= 0.6 is 0 Å². The monoisotopic (exact) mass is 166 g/mol. The average molecular weight is 166 g/mol. The van der Waals surface area contributed by atoms with Crippen molar-refractivity contribution in [2.45, 2.75) is 32.6 Å². The first-order chi connectivity index (χ1) is 5.62. The number of carboxylic acid groups (broad SMARTS) is 1. The zero-order valence-corrected chi connectivity index (χ0v) is 7.34. The van der Waals surface area contributed by atoms with Gasteiger partial charge in [-0.2, -0.15) is 0 Å². The fraction of sp³-hybridized carbons (Fsp3) is 0.700. The fourth-order valence-corrected chi connectivity index (χ4v) is 2.48. The molecule has 3 aliphatic carbocycles. The van der Waals surface area contributed by atoms with Gasteiger partial charge in [-0.3, -0.25) is 0 Å². The van der Waals surface area contributed by atoms with Crippen molar-refractivity contribution in [3.63, 3.8) is 0 Å². The fourth-order valence-electron chi connectivity index (χ4n) is 2.48. The maximum Gasteiger partial charge on any atom is 0.331 e. The summed E-state index contributed by atoms with van der Waals surface area (Å²) in [5.74, 6) is -0.153. The first-order valence-corrected chi connectivity index (χ1v) is 4.57. The number of hydrogen-bond acceptors (Lipinski definition) is 1. The van der Waals surface area contributed by atoms with E-state index in [2.05, 4.69) is 6.92 Å². The number of rotatable bonds is 1. The summed E-state index contributed by atoms with van der Waals surface area (Å²) in [5, 5.41) is 8.96. The van der Waals surface area contributed by atoms with Crippen molar-refractivity contribution in [3.05, 3.63) is 11.6 Å². The molecular formula is C10H14O2. The van der Waals surface area contributed by atoms with Gasteiger partial charge in [0.1, 0.15) is 0 Å². The van der Waals surface area contributed by atoms with Crippen LogP contribution in [0.25, 0.3) is 0 Å². The van der Waals surface area contributed by atoms with E-state index in [4.69, 9.17) is 5.11 Å². The molecule has 0 aromatic carbocycles. The van der Waals surface area contributed by atoms with Crippen LogP contribution in [0.15, 0.2) is 11.6 Å². The predicted octanol–water partition coefficient (Wildman–Crippen LogP) is 2.21. The molecule has 0 aliphatic heterocycles. The highest BCUT2D eigenvalue weighted by atomic mass is 16.4. The Morgan fingerprint density at radius 3 is 2.50 bits per heavy atom. The second-order valence-corrected chi connectivity index (χ2v) is 4.28. The summed E-state index contributed by atoms with van der Waals surface area (Å²) in [6.45, 7) is 2.09. The van der Waals surface area contributed by atoms with E-state index < -0.39 is 5.97 Å². The Morgan fingerprint density at radius 2 is 2.17 bits per heavy atom. The van der Waals surface area contributed by atoms with Gasteiger partial charge >= 0.3 is 5.97 Å². The van der Waals surface area contributed by atoms with Crippen LogP contribution in [0.1, 0.15) is 32.6 Å². The molecular weight excluding hydrogens is 152 g/mol. The Kier molecular flexibility index (Phi) is 1.53. The van der Waals surface area contributed by atoms with Crippen LogP contribution < -0.4 is 0 Å². The molecule has 1 N–H and O–H groups in total. The molecule has 0 radical (unpaired) electrons. The maximum absolute atomic E-state index is 10.9. The molecule has 2 bridgehead atoms. The number of hydrogen-bond donors (Lipinski definition) is 1. The minimum absolute atomic E-state index is 0.0133. The minimum Gasteiger partial charge on any atom is -0.478 e. The lowest BCUT2D eigenvalue weighted by Gasteiger charge is -2.42. The third kappa shape index (κ3) is 0.977. The molecule has 0 aromatic heterocycles. The number of fused-ring (bicyclic) bond motifs is 2. The first-order valence-electron chi connectivity index (χ1n) is 4.57. The SMILES string of the molecule is CC12CCC(C=C1C(=O)O)CC2. The molecule has 0 aromatic rings.